The van der Waals surface area contributed by atoms with Crippen molar-refractivity contribution >= 4 is 17.1 Å². The van der Waals surface area contributed by atoms with E-state index < -0.39 is 6.09 Å². The predicted octanol–water partition coefficient (Wildman–Crippen LogP) is 3.96. The molecule has 3 N–H and O–H groups in total. The van der Waals surface area contributed by atoms with E-state index in [1.807, 2.05) is 48.5 Å². The molecule has 4 aromatic rings. The molecule has 2 aromatic carbocycles. The lowest BCUT2D eigenvalue weighted by Gasteiger charge is -2.13. The molecule has 1 aliphatic rings. The van der Waals surface area contributed by atoms with Crippen LogP contribution in [0, 0.1) is 0 Å². The van der Waals surface area contributed by atoms with Gasteiger partial charge in [0.1, 0.15) is 5.82 Å². The SMILES string of the molecule is O=C(O)N[C@@H]1c2ccccc2-c2c(-c3nc4ccncc4[nH]3)cccc21. The molecular weight excluding hydrogens is 328 g/mol. The second-order valence-electron chi connectivity index (χ2n) is 6.22. The summed E-state index contributed by atoms with van der Waals surface area (Å²) in [5.41, 5.74) is 6.58. The topological polar surface area (TPSA) is 90.9 Å². The molecule has 2 heterocycles. The van der Waals surface area contributed by atoms with Crippen LogP contribution in [0.15, 0.2) is 60.9 Å². The lowest BCUT2D eigenvalue weighted by atomic mass is 9.99. The molecule has 0 aliphatic heterocycles. The monoisotopic (exact) mass is 342 g/mol. The van der Waals surface area contributed by atoms with Crippen molar-refractivity contribution < 1.29 is 9.90 Å². The number of fused-ring (bicyclic) bond motifs is 4. The highest BCUT2D eigenvalue weighted by molar-refractivity contribution is 5.92. The zero-order valence-corrected chi connectivity index (χ0v) is 13.6. The largest absolute Gasteiger partial charge is 0.465 e. The molecule has 0 unspecified atom stereocenters. The molecule has 0 saturated heterocycles. The van der Waals surface area contributed by atoms with Crippen molar-refractivity contribution in [1.29, 1.82) is 0 Å². The summed E-state index contributed by atoms with van der Waals surface area (Å²) in [6.45, 7) is 0. The third kappa shape index (κ3) is 2.09. The molecule has 0 spiro atoms. The maximum absolute atomic E-state index is 11.3. The van der Waals surface area contributed by atoms with E-state index >= 15 is 0 Å². The van der Waals surface area contributed by atoms with Crippen molar-refractivity contribution in [2.24, 2.45) is 0 Å². The second-order valence-corrected chi connectivity index (χ2v) is 6.22. The highest BCUT2D eigenvalue weighted by Crippen LogP contribution is 2.47. The Balaban J connectivity index is 1.76. The number of rotatable bonds is 2. The van der Waals surface area contributed by atoms with Crippen LogP contribution in [0.1, 0.15) is 17.2 Å². The van der Waals surface area contributed by atoms with Gasteiger partial charge in [0.05, 0.1) is 23.3 Å². The highest BCUT2D eigenvalue weighted by Gasteiger charge is 2.32. The van der Waals surface area contributed by atoms with Gasteiger partial charge in [-0.3, -0.25) is 4.98 Å². The molecule has 0 saturated carbocycles. The molecule has 1 amide bonds. The number of imidazole rings is 1. The van der Waals surface area contributed by atoms with Gasteiger partial charge in [-0.25, -0.2) is 9.78 Å². The first-order chi connectivity index (χ1) is 12.7. The molecule has 0 radical (unpaired) electrons. The summed E-state index contributed by atoms with van der Waals surface area (Å²) in [6.07, 6.45) is 2.42. The van der Waals surface area contributed by atoms with Crippen molar-refractivity contribution in [3.05, 3.63) is 72.1 Å². The standard InChI is InChI=1S/C20H14N4O2/c25-20(26)24-18-12-5-2-1-4-11(12)17-13(18)6-3-7-14(17)19-22-15-8-9-21-10-16(15)23-19/h1-10,18,24H,(H,22,23)(H,25,26)/t18-/m1/s1. The van der Waals surface area contributed by atoms with Gasteiger partial charge in [0.2, 0.25) is 0 Å². The number of nitrogens with zero attached hydrogens (tertiary/aromatic N) is 2. The van der Waals surface area contributed by atoms with Crippen LogP contribution in [-0.4, -0.2) is 26.2 Å². The van der Waals surface area contributed by atoms with Crippen LogP contribution in [0.5, 0.6) is 0 Å². The number of aromatic amines is 1. The lowest BCUT2D eigenvalue weighted by molar-refractivity contribution is 0.192. The third-order valence-corrected chi connectivity index (χ3v) is 4.76. The number of hydrogen-bond donors (Lipinski definition) is 3. The molecule has 6 heteroatoms. The average Bonchev–Trinajstić information content (AvgIpc) is 3.22. The molecule has 1 aliphatic carbocycles. The Labute approximate surface area is 148 Å². The van der Waals surface area contributed by atoms with Crippen molar-refractivity contribution in [2.75, 3.05) is 0 Å². The van der Waals surface area contributed by atoms with E-state index in [0.29, 0.717) is 0 Å². The highest BCUT2D eigenvalue weighted by atomic mass is 16.4. The normalized spacial score (nSPS) is 14.8. The van der Waals surface area contributed by atoms with Gasteiger partial charge < -0.3 is 15.4 Å². The molecule has 126 valence electrons. The summed E-state index contributed by atoms with van der Waals surface area (Å²) in [4.78, 5) is 23.4. The Morgan fingerprint density at radius 3 is 2.69 bits per heavy atom. The smallest absolute Gasteiger partial charge is 0.405 e. The summed E-state index contributed by atoms with van der Waals surface area (Å²) >= 11 is 0. The summed E-state index contributed by atoms with van der Waals surface area (Å²) in [7, 11) is 0. The number of pyridine rings is 1. The molecule has 26 heavy (non-hydrogen) atoms. The first-order valence-electron chi connectivity index (χ1n) is 8.24. The van der Waals surface area contributed by atoms with Crippen molar-refractivity contribution in [2.45, 2.75) is 6.04 Å². The molecule has 0 fully saturated rings. The fraction of sp³-hybridized carbons (Fsp3) is 0.0500. The Hall–Kier alpha value is -3.67. The van der Waals surface area contributed by atoms with Gasteiger partial charge >= 0.3 is 6.09 Å². The minimum absolute atomic E-state index is 0.385. The van der Waals surface area contributed by atoms with Crippen LogP contribution < -0.4 is 5.32 Å². The fourth-order valence-corrected chi connectivity index (χ4v) is 3.72. The molecule has 5 rings (SSSR count). The zero-order valence-electron chi connectivity index (χ0n) is 13.6. The van der Waals surface area contributed by atoms with Gasteiger partial charge in [-0.15, -0.1) is 0 Å². The number of hydrogen-bond acceptors (Lipinski definition) is 3. The summed E-state index contributed by atoms with van der Waals surface area (Å²) in [5.74, 6) is 0.746. The van der Waals surface area contributed by atoms with E-state index in [9.17, 15) is 9.90 Å². The number of H-pyrrole nitrogens is 1. The van der Waals surface area contributed by atoms with E-state index in [4.69, 9.17) is 0 Å². The van der Waals surface area contributed by atoms with E-state index in [1.54, 1.807) is 12.4 Å². The Morgan fingerprint density at radius 1 is 1.04 bits per heavy atom. The fourth-order valence-electron chi connectivity index (χ4n) is 3.72. The summed E-state index contributed by atoms with van der Waals surface area (Å²) in [5, 5.41) is 11.9. The molecule has 2 aromatic heterocycles. The van der Waals surface area contributed by atoms with Crippen LogP contribution >= 0.6 is 0 Å². The van der Waals surface area contributed by atoms with Crippen LogP contribution in [0.25, 0.3) is 33.5 Å². The van der Waals surface area contributed by atoms with Crippen LogP contribution in [-0.2, 0) is 0 Å². The Kier molecular flexibility index (Phi) is 3.05. The van der Waals surface area contributed by atoms with Crippen molar-refractivity contribution in [1.82, 2.24) is 20.3 Å². The van der Waals surface area contributed by atoms with Crippen molar-refractivity contribution in [3.63, 3.8) is 0 Å². The quantitative estimate of drug-likeness (QED) is 0.514. The predicted molar refractivity (Wildman–Crippen MR) is 97.8 cm³/mol. The molecule has 0 bridgehead atoms. The minimum Gasteiger partial charge on any atom is -0.465 e. The lowest BCUT2D eigenvalue weighted by Crippen LogP contribution is -2.26. The number of carboxylic acid groups (broad SMARTS) is 1. The maximum Gasteiger partial charge on any atom is 0.405 e. The van der Waals surface area contributed by atoms with Crippen molar-refractivity contribution in [3.8, 4) is 22.5 Å². The van der Waals surface area contributed by atoms with Gasteiger partial charge in [0.25, 0.3) is 0 Å². The Bertz CT molecular complexity index is 1130. The molecular formula is C20H14N4O2. The first-order valence-corrected chi connectivity index (χ1v) is 8.24. The number of carbonyl (C=O) groups is 1. The van der Waals surface area contributed by atoms with Crippen LogP contribution in [0.2, 0.25) is 0 Å². The summed E-state index contributed by atoms with van der Waals surface area (Å²) in [6, 6.07) is 15.2. The Morgan fingerprint density at radius 2 is 1.85 bits per heavy atom. The first kappa shape index (κ1) is 14.7. The van der Waals surface area contributed by atoms with Gasteiger partial charge in [-0.05, 0) is 28.3 Å². The van der Waals surface area contributed by atoms with Crippen LogP contribution in [0.4, 0.5) is 4.79 Å². The van der Waals surface area contributed by atoms with Gasteiger partial charge in [-0.1, -0.05) is 42.5 Å². The van der Waals surface area contributed by atoms with Gasteiger partial charge in [0, 0.05) is 11.8 Å². The minimum atomic E-state index is -1.04. The van der Waals surface area contributed by atoms with E-state index in [0.717, 1.165) is 44.7 Å². The number of nitrogens with one attached hydrogen (secondary N) is 2. The molecule has 1 atom stereocenters. The zero-order chi connectivity index (χ0) is 17.7. The van der Waals surface area contributed by atoms with Gasteiger partial charge in [-0.2, -0.15) is 0 Å². The van der Waals surface area contributed by atoms with E-state index in [1.165, 1.54) is 0 Å². The van der Waals surface area contributed by atoms with Gasteiger partial charge in [0.15, 0.2) is 0 Å². The van der Waals surface area contributed by atoms with Crippen LogP contribution in [0.3, 0.4) is 0 Å². The molecule has 6 nitrogen and oxygen atoms in total. The number of amides is 1. The second kappa shape index (κ2) is 5.42. The summed E-state index contributed by atoms with van der Waals surface area (Å²) < 4.78 is 0. The number of benzene rings is 2. The third-order valence-electron chi connectivity index (χ3n) is 4.76. The van der Waals surface area contributed by atoms with E-state index in [-0.39, 0.29) is 6.04 Å². The number of aromatic nitrogens is 3. The average molecular weight is 342 g/mol. The maximum atomic E-state index is 11.3. The van der Waals surface area contributed by atoms with E-state index in [2.05, 4.69) is 20.3 Å².